The van der Waals surface area contributed by atoms with Crippen molar-refractivity contribution in [2.24, 2.45) is 7.05 Å². The largest absolute Gasteiger partial charge is 0.481 e. The van der Waals surface area contributed by atoms with Crippen molar-refractivity contribution in [3.63, 3.8) is 0 Å². The fraction of sp³-hybridized carbons (Fsp3) is 0.545. The Kier molecular flexibility index (Phi) is 4.07. The molecule has 100 valence electrons. The average Bonchev–Trinajstić information content (AvgIpc) is 2.55. The lowest BCUT2D eigenvalue weighted by molar-refractivity contribution is -0.141. The number of aromatic nitrogens is 2. The van der Waals surface area contributed by atoms with E-state index in [0.29, 0.717) is 11.3 Å². The maximum atomic E-state index is 11.8. The van der Waals surface area contributed by atoms with Gasteiger partial charge in [-0.3, -0.25) is 14.3 Å². The SMILES string of the molecule is Cc1c(C(=O)NCC(C)(O)CC(=O)O)cnn1C. The van der Waals surface area contributed by atoms with Gasteiger partial charge in [0.1, 0.15) is 0 Å². The zero-order valence-corrected chi connectivity index (χ0v) is 10.6. The van der Waals surface area contributed by atoms with Gasteiger partial charge in [-0.2, -0.15) is 5.10 Å². The normalized spacial score (nSPS) is 14.0. The first-order valence-electron chi connectivity index (χ1n) is 5.44. The van der Waals surface area contributed by atoms with Crippen LogP contribution < -0.4 is 5.32 Å². The summed E-state index contributed by atoms with van der Waals surface area (Å²) in [5.74, 6) is -1.50. The Morgan fingerprint density at radius 1 is 1.56 bits per heavy atom. The minimum absolute atomic E-state index is 0.132. The molecule has 0 aliphatic carbocycles. The highest BCUT2D eigenvalue weighted by atomic mass is 16.4. The molecule has 18 heavy (non-hydrogen) atoms. The van der Waals surface area contributed by atoms with Gasteiger partial charge in [0.05, 0.1) is 23.8 Å². The highest BCUT2D eigenvalue weighted by Gasteiger charge is 2.25. The van der Waals surface area contributed by atoms with E-state index in [4.69, 9.17) is 5.11 Å². The molecular weight excluding hydrogens is 238 g/mol. The Balaban J connectivity index is 2.61. The van der Waals surface area contributed by atoms with Crippen LogP contribution in [0.4, 0.5) is 0 Å². The van der Waals surface area contributed by atoms with Crippen molar-refractivity contribution < 1.29 is 19.8 Å². The number of carboxylic acids is 1. The van der Waals surface area contributed by atoms with Crippen LogP contribution >= 0.6 is 0 Å². The van der Waals surface area contributed by atoms with Crippen LogP contribution in [0.1, 0.15) is 29.4 Å². The molecule has 1 rings (SSSR count). The summed E-state index contributed by atoms with van der Waals surface area (Å²) in [6.45, 7) is 2.97. The van der Waals surface area contributed by atoms with Crippen molar-refractivity contribution in [1.82, 2.24) is 15.1 Å². The van der Waals surface area contributed by atoms with E-state index in [1.165, 1.54) is 13.1 Å². The van der Waals surface area contributed by atoms with E-state index in [0.717, 1.165) is 0 Å². The van der Waals surface area contributed by atoms with Crippen LogP contribution in [0.5, 0.6) is 0 Å². The summed E-state index contributed by atoms with van der Waals surface area (Å²) in [6.07, 6.45) is 0.996. The van der Waals surface area contributed by atoms with Gasteiger partial charge in [-0.15, -0.1) is 0 Å². The molecular formula is C11H17N3O4. The highest BCUT2D eigenvalue weighted by molar-refractivity contribution is 5.95. The Hall–Kier alpha value is -1.89. The smallest absolute Gasteiger partial charge is 0.306 e. The maximum Gasteiger partial charge on any atom is 0.306 e. The zero-order chi connectivity index (χ0) is 13.9. The van der Waals surface area contributed by atoms with Crippen molar-refractivity contribution in [3.8, 4) is 0 Å². The Morgan fingerprint density at radius 3 is 2.61 bits per heavy atom. The molecule has 0 aliphatic heterocycles. The molecule has 0 aromatic carbocycles. The predicted octanol–water partition coefficient (Wildman–Crippen LogP) is -0.316. The van der Waals surface area contributed by atoms with Gasteiger partial charge >= 0.3 is 5.97 Å². The summed E-state index contributed by atoms with van der Waals surface area (Å²) >= 11 is 0. The second kappa shape index (κ2) is 5.18. The van der Waals surface area contributed by atoms with Crippen molar-refractivity contribution in [3.05, 3.63) is 17.5 Å². The van der Waals surface area contributed by atoms with Gasteiger partial charge in [-0.1, -0.05) is 0 Å². The fourth-order valence-corrected chi connectivity index (χ4v) is 1.48. The third-order valence-corrected chi connectivity index (χ3v) is 2.64. The van der Waals surface area contributed by atoms with Crippen molar-refractivity contribution in [2.75, 3.05) is 6.54 Å². The van der Waals surface area contributed by atoms with Crippen molar-refractivity contribution >= 4 is 11.9 Å². The average molecular weight is 255 g/mol. The number of aliphatic hydroxyl groups is 1. The number of amides is 1. The quantitative estimate of drug-likeness (QED) is 0.669. The van der Waals surface area contributed by atoms with E-state index >= 15 is 0 Å². The number of nitrogens with zero attached hydrogens (tertiary/aromatic N) is 2. The predicted molar refractivity (Wildman–Crippen MR) is 63.2 cm³/mol. The van der Waals surface area contributed by atoms with Crippen LogP contribution in [0.15, 0.2) is 6.20 Å². The summed E-state index contributed by atoms with van der Waals surface area (Å²) in [4.78, 5) is 22.3. The number of carbonyl (C=O) groups excluding carboxylic acids is 1. The summed E-state index contributed by atoms with van der Waals surface area (Å²) < 4.78 is 1.56. The van der Waals surface area contributed by atoms with Crippen molar-refractivity contribution in [1.29, 1.82) is 0 Å². The molecule has 0 saturated heterocycles. The minimum Gasteiger partial charge on any atom is -0.481 e. The van der Waals surface area contributed by atoms with Crippen LogP contribution in [-0.4, -0.2) is 44.0 Å². The summed E-state index contributed by atoms with van der Waals surface area (Å²) in [6, 6.07) is 0. The van der Waals surface area contributed by atoms with Crippen molar-refractivity contribution in [2.45, 2.75) is 25.9 Å². The lowest BCUT2D eigenvalue weighted by Crippen LogP contribution is -2.42. The van der Waals surface area contributed by atoms with Gasteiger partial charge in [0, 0.05) is 19.3 Å². The van der Waals surface area contributed by atoms with Gasteiger partial charge in [0.25, 0.3) is 5.91 Å². The van der Waals surface area contributed by atoms with E-state index in [1.807, 2.05) is 0 Å². The topological polar surface area (TPSA) is 104 Å². The second-order valence-electron chi connectivity index (χ2n) is 4.52. The third kappa shape index (κ3) is 3.56. The first-order chi connectivity index (χ1) is 8.23. The van der Waals surface area contributed by atoms with Crippen LogP contribution in [0.3, 0.4) is 0 Å². The Labute approximate surface area is 104 Å². The van der Waals surface area contributed by atoms with E-state index in [9.17, 15) is 14.7 Å². The molecule has 3 N–H and O–H groups in total. The number of rotatable bonds is 5. The molecule has 0 aliphatic rings. The maximum absolute atomic E-state index is 11.8. The third-order valence-electron chi connectivity index (χ3n) is 2.64. The van der Waals surface area contributed by atoms with Crippen LogP contribution in [0.25, 0.3) is 0 Å². The first kappa shape index (κ1) is 14.2. The molecule has 0 fully saturated rings. The summed E-state index contributed by atoms with van der Waals surface area (Å²) in [5.41, 5.74) is -0.369. The number of aryl methyl sites for hydroxylation is 1. The first-order valence-corrected chi connectivity index (χ1v) is 5.44. The van der Waals surface area contributed by atoms with Crippen LogP contribution in [0.2, 0.25) is 0 Å². The molecule has 1 aromatic rings. The Morgan fingerprint density at radius 2 is 2.17 bits per heavy atom. The Bertz CT molecular complexity index is 465. The van der Waals surface area contributed by atoms with E-state index in [-0.39, 0.29) is 12.5 Å². The fourth-order valence-electron chi connectivity index (χ4n) is 1.48. The monoisotopic (exact) mass is 255 g/mol. The molecule has 0 saturated carbocycles. The standard InChI is InChI=1S/C11H17N3O4/c1-7-8(5-13-14(7)3)10(17)12-6-11(2,18)4-9(15)16/h5,18H,4,6H2,1-3H3,(H,12,17)(H,15,16). The van der Waals surface area contributed by atoms with Gasteiger partial charge < -0.3 is 15.5 Å². The van der Waals surface area contributed by atoms with Crippen LogP contribution in [0, 0.1) is 6.92 Å². The number of hydrogen-bond acceptors (Lipinski definition) is 4. The number of aliphatic carboxylic acids is 1. The molecule has 1 amide bonds. The van der Waals surface area contributed by atoms with Gasteiger partial charge in [-0.25, -0.2) is 0 Å². The van der Waals surface area contributed by atoms with E-state index < -0.39 is 18.0 Å². The van der Waals surface area contributed by atoms with Gasteiger partial charge in [0.15, 0.2) is 0 Å². The number of nitrogens with one attached hydrogen (secondary N) is 1. The molecule has 0 bridgehead atoms. The number of carbonyl (C=O) groups is 2. The molecule has 7 heteroatoms. The molecule has 7 nitrogen and oxygen atoms in total. The zero-order valence-electron chi connectivity index (χ0n) is 10.6. The summed E-state index contributed by atoms with van der Waals surface area (Å²) in [7, 11) is 1.71. The number of carboxylic acid groups (broad SMARTS) is 1. The minimum atomic E-state index is -1.47. The van der Waals surface area contributed by atoms with E-state index in [2.05, 4.69) is 10.4 Å². The highest BCUT2D eigenvalue weighted by Crippen LogP contribution is 2.09. The second-order valence-corrected chi connectivity index (χ2v) is 4.52. The number of hydrogen-bond donors (Lipinski definition) is 3. The molecule has 1 atom stereocenters. The molecule has 1 unspecified atom stereocenters. The molecule has 1 aromatic heterocycles. The van der Waals surface area contributed by atoms with Gasteiger partial charge in [-0.05, 0) is 13.8 Å². The van der Waals surface area contributed by atoms with E-state index in [1.54, 1.807) is 18.7 Å². The lowest BCUT2D eigenvalue weighted by Gasteiger charge is -2.21. The molecule has 1 heterocycles. The lowest BCUT2D eigenvalue weighted by atomic mass is 10.0. The molecule has 0 radical (unpaired) electrons. The van der Waals surface area contributed by atoms with Crippen LogP contribution in [-0.2, 0) is 11.8 Å². The summed E-state index contributed by atoms with van der Waals surface area (Å²) in [5, 5.41) is 24.8. The molecule has 0 spiro atoms. The van der Waals surface area contributed by atoms with Gasteiger partial charge in [0.2, 0.25) is 0 Å².